The molecule has 0 aliphatic carbocycles. The predicted octanol–water partition coefficient (Wildman–Crippen LogP) is 1.90. The van der Waals surface area contributed by atoms with E-state index in [0.717, 1.165) is 17.8 Å². The molecule has 0 atom stereocenters. The fourth-order valence-electron chi connectivity index (χ4n) is 2.06. The standard InChI is InChI=1S/C16H17FN2O2/c17-15-10-14(11-18-12-15)16(21)19(8-9-20)7-6-13-4-2-1-3-5-13/h1-5,10-12,20H,6-9H2. The van der Waals surface area contributed by atoms with Crippen LogP contribution < -0.4 is 0 Å². The van der Waals surface area contributed by atoms with Gasteiger partial charge in [0.2, 0.25) is 0 Å². The molecule has 1 amide bonds. The van der Waals surface area contributed by atoms with Crippen molar-refractivity contribution < 1.29 is 14.3 Å². The molecule has 110 valence electrons. The number of aliphatic hydroxyl groups excluding tert-OH is 1. The molecule has 0 aliphatic heterocycles. The van der Waals surface area contributed by atoms with Crippen LogP contribution in [0.25, 0.3) is 0 Å². The predicted molar refractivity (Wildman–Crippen MR) is 77.3 cm³/mol. The van der Waals surface area contributed by atoms with Crippen LogP contribution in [0.1, 0.15) is 15.9 Å². The first-order chi connectivity index (χ1) is 10.2. The number of aliphatic hydroxyl groups is 1. The van der Waals surface area contributed by atoms with Gasteiger partial charge in [-0.25, -0.2) is 4.39 Å². The van der Waals surface area contributed by atoms with E-state index in [9.17, 15) is 9.18 Å². The zero-order valence-electron chi connectivity index (χ0n) is 11.6. The van der Waals surface area contributed by atoms with Crippen molar-refractivity contribution in [3.63, 3.8) is 0 Å². The largest absolute Gasteiger partial charge is 0.395 e. The summed E-state index contributed by atoms with van der Waals surface area (Å²) in [6, 6.07) is 10.9. The zero-order chi connectivity index (χ0) is 15.1. The highest BCUT2D eigenvalue weighted by atomic mass is 19.1. The maximum atomic E-state index is 13.1. The van der Waals surface area contributed by atoms with E-state index in [2.05, 4.69) is 4.98 Å². The smallest absolute Gasteiger partial charge is 0.255 e. The van der Waals surface area contributed by atoms with E-state index in [1.165, 1.54) is 11.1 Å². The van der Waals surface area contributed by atoms with Crippen molar-refractivity contribution in [2.45, 2.75) is 6.42 Å². The molecule has 0 spiro atoms. The van der Waals surface area contributed by atoms with Crippen LogP contribution in [0.15, 0.2) is 48.8 Å². The molecule has 0 fully saturated rings. The molecule has 1 aromatic carbocycles. The third-order valence-electron chi connectivity index (χ3n) is 3.12. The van der Waals surface area contributed by atoms with Crippen LogP contribution in [-0.2, 0) is 6.42 Å². The molecule has 2 rings (SSSR count). The summed E-state index contributed by atoms with van der Waals surface area (Å²) in [5.41, 5.74) is 1.29. The molecule has 5 heteroatoms. The Kier molecular flexibility index (Phi) is 5.40. The summed E-state index contributed by atoms with van der Waals surface area (Å²) in [7, 11) is 0. The van der Waals surface area contributed by atoms with E-state index in [-0.39, 0.29) is 24.6 Å². The lowest BCUT2D eigenvalue weighted by atomic mass is 10.1. The molecule has 21 heavy (non-hydrogen) atoms. The average Bonchev–Trinajstić information content (AvgIpc) is 2.52. The van der Waals surface area contributed by atoms with Gasteiger partial charge >= 0.3 is 0 Å². The van der Waals surface area contributed by atoms with Gasteiger partial charge in [0.25, 0.3) is 5.91 Å². The fourth-order valence-corrected chi connectivity index (χ4v) is 2.06. The van der Waals surface area contributed by atoms with Crippen LogP contribution in [0.3, 0.4) is 0 Å². The van der Waals surface area contributed by atoms with Gasteiger partial charge in [0.1, 0.15) is 5.82 Å². The number of nitrogens with zero attached hydrogens (tertiary/aromatic N) is 2. The van der Waals surface area contributed by atoms with Gasteiger partial charge in [-0.05, 0) is 18.1 Å². The molecule has 0 saturated carbocycles. The van der Waals surface area contributed by atoms with Crippen molar-refractivity contribution in [3.05, 3.63) is 65.7 Å². The summed E-state index contributed by atoms with van der Waals surface area (Å²) in [4.78, 5) is 17.5. The molecule has 0 bridgehead atoms. The number of carbonyl (C=O) groups excluding carboxylic acids is 1. The Balaban J connectivity index is 2.06. The van der Waals surface area contributed by atoms with Gasteiger partial charge in [0, 0.05) is 19.3 Å². The van der Waals surface area contributed by atoms with E-state index in [0.29, 0.717) is 13.0 Å². The second kappa shape index (κ2) is 7.50. The van der Waals surface area contributed by atoms with Crippen molar-refractivity contribution >= 4 is 5.91 Å². The second-order valence-corrected chi connectivity index (χ2v) is 4.64. The highest BCUT2D eigenvalue weighted by Gasteiger charge is 2.16. The summed E-state index contributed by atoms with van der Waals surface area (Å²) in [5, 5.41) is 9.10. The molecule has 2 aromatic rings. The number of pyridine rings is 1. The van der Waals surface area contributed by atoms with Crippen molar-refractivity contribution in [2.24, 2.45) is 0 Å². The third kappa shape index (κ3) is 4.36. The minimum atomic E-state index is -0.548. The van der Waals surface area contributed by atoms with Gasteiger partial charge in [-0.1, -0.05) is 30.3 Å². The highest BCUT2D eigenvalue weighted by molar-refractivity contribution is 5.93. The van der Waals surface area contributed by atoms with Crippen LogP contribution in [0, 0.1) is 5.82 Å². The average molecular weight is 288 g/mol. The molecule has 4 nitrogen and oxygen atoms in total. The number of carbonyl (C=O) groups is 1. The Labute approximate surface area is 122 Å². The molecule has 1 N–H and O–H groups in total. The van der Waals surface area contributed by atoms with E-state index in [1.807, 2.05) is 30.3 Å². The first-order valence-corrected chi connectivity index (χ1v) is 6.75. The summed E-state index contributed by atoms with van der Waals surface area (Å²) in [6.07, 6.45) is 3.06. The SMILES string of the molecule is O=C(c1cncc(F)c1)N(CCO)CCc1ccccc1. The van der Waals surface area contributed by atoms with Crippen molar-refractivity contribution in [1.82, 2.24) is 9.88 Å². The second-order valence-electron chi connectivity index (χ2n) is 4.64. The number of hydrogen-bond acceptors (Lipinski definition) is 3. The normalized spacial score (nSPS) is 10.4. The maximum Gasteiger partial charge on any atom is 0.255 e. The van der Waals surface area contributed by atoms with Crippen LogP contribution in [0.2, 0.25) is 0 Å². The highest BCUT2D eigenvalue weighted by Crippen LogP contribution is 2.08. The van der Waals surface area contributed by atoms with Gasteiger partial charge in [-0.3, -0.25) is 9.78 Å². The third-order valence-corrected chi connectivity index (χ3v) is 3.12. The number of aromatic nitrogens is 1. The molecular formula is C16H17FN2O2. The fraction of sp³-hybridized carbons (Fsp3) is 0.250. The molecule has 0 saturated heterocycles. The van der Waals surface area contributed by atoms with E-state index in [4.69, 9.17) is 5.11 Å². The van der Waals surface area contributed by atoms with E-state index >= 15 is 0 Å². The lowest BCUT2D eigenvalue weighted by Gasteiger charge is -2.21. The van der Waals surface area contributed by atoms with Crippen molar-refractivity contribution in [2.75, 3.05) is 19.7 Å². The summed E-state index contributed by atoms with van der Waals surface area (Å²) in [6.45, 7) is 0.533. The van der Waals surface area contributed by atoms with Crippen molar-refractivity contribution in [1.29, 1.82) is 0 Å². The molecule has 0 radical (unpaired) electrons. The zero-order valence-corrected chi connectivity index (χ0v) is 11.6. The number of rotatable bonds is 6. The summed E-state index contributed by atoms with van der Waals surface area (Å²) < 4.78 is 13.1. The monoisotopic (exact) mass is 288 g/mol. The van der Waals surface area contributed by atoms with Gasteiger partial charge in [0.15, 0.2) is 0 Å². The number of hydrogen-bond donors (Lipinski definition) is 1. The molecule has 1 aromatic heterocycles. The van der Waals surface area contributed by atoms with Crippen molar-refractivity contribution in [3.8, 4) is 0 Å². The molecule has 0 unspecified atom stereocenters. The lowest BCUT2D eigenvalue weighted by molar-refractivity contribution is 0.0723. The molecule has 0 aliphatic rings. The summed E-state index contributed by atoms with van der Waals surface area (Å²) in [5.74, 6) is -0.875. The van der Waals surface area contributed by atoms with Gasteiger partial charge in [-0.2, -0.15) is 0 Å². The number of halogens is 1. The maximum absolute atomic E-state index is 13.1. The Bertz CT molecular complexity index is 590. The van der Waals surface area contributed by atoms with Gasteiger partial charge < -0.3 is 10.0 Å². The minimum absolute atomic E-state index is 0.136. The van der Waals surface area contributed by atoms with Crippen LogP contribution in [-0.4, -0.2) is 40.6 Å². The van der Waals surface area contributed by atoms with Crippen LogP contribution in [0.5, 0.6) is 0 Å². The van der Waals surface area contributed by atoms with Crippen LogP contribution >= 0.6 is 0 Å². The Morgan fingerprint density at radius 1 is 1.19 bits per heavy atom. The van der Waals surface area contributed by atoms with E-state index < -0.39 is 5.82 Å². The first kappa shape index (κ1) is 15.1. The Morgan fingerprint density at radius 2 is 1.95 bits per heavy atom. The Hall–Kier alpha value is -2.27. The molecule has 1 heterocycles. The van der Waals surface area contributed by atoms with Gasteiger partial charge in [0.05, 0.1) is 18.4 Å². The van der Waals surface area contributed by atoms with Crippen LogP contribution in [0.4, 0.5) is 4.39 Å². The Morgan fingerprint density at radius 3 is 2.62 bits per heavy atom. The summed E-state index contributed by atoms with van der Waals surface area (Å²) >= 11 is 0. The number of benzene rings is 1. The van der Waals surface area contributed by atoms with Gasteiger partial charge in [-0.15, -0.1) is 0 Å². The first-order valence-electron chi connectivity index (χ1n) is 6.75. The number of amides is 1. The molecular weight excluding hydrogens is 271 g/mol. The topological polar surface area (TPSA) is 53.4 Å². The van der Waals surface area contributed by atoms with E-state index in [1.54, 1.807) is 0 Å². The minimum Gasteiger partial charge on any atom is -0.395 e. The quantitative estimate of drug-likeness (QED) is 0.883. The lowest BCUT2D eigenvalue weighted by Crippen LogP contribution is -2.35.